The van der Waals surface area contributed by atoms with Crippen LogP contribution in [-0.4, -0.2) is 33.7 Å². The van der Waals surface area contributed by atoms with Gasteiger partial charge in [-0.05, 0) is 55.3 Å². The average Bonchev–Trinajstić information content (AvgIpc) is 3.31. The molecule has 0 radical (unpaired) electrons. The minimum Gasteiger partial charge on any atom is -0.490 e. The van der Waals surface area contributed by atoms with Gasteiger partial charge in [0.25, 0.3) is 11.5 Å². The second kappa shape index (κ2) is 8.97. The molecule has 0 unspecified atom stereocenters. The summed E-state index contributed by atoms with van der Waals surface area (Å²) in [5, 5.41) is 6.72. The third-order valence-electron chi connectivity index (χ3n) is 4.35. The number of benzene rings is 2. The van der Waals surface area contributed by atoms with Gasteiger partial charge in [-0.3, -0.25) is 9.59 Å². The predicted molar refractivity (Wildman–Crippen MR) is 119 cm³/mol. The maximum atomic E-state index is 12.4. The number of thiazole rings is 1. The number of rotatable bonds is 7. The minimum atomic E-state index is -0.269. The number of carbonyl (C=O) groups is 1. The van der Waals surface area contributed by atoms with E-state index in [4.69, 9.17) is 9.47 Å². The highest BCUT2D eigenvalue weighted by Gasteiger charge is 2.10. The Labute approximate surface area is 181 Å². The molecule has 0 saturated carbocycles. The Hall–Kier alpha value is -3.72. The first kappa shape index (κ1) is 20.5. The molecule has 4 aromatic rings. The lowest BCUT2D eigenvalue weighted by molar-refractivity contribution is -0.118. The lowest BCUT2D eigenvalue weighted by Crippen LogP contribution is -2.23. The maximum Gasteiger partial charge on any atom is 0.291 e. The number of fused-ring (bicyclic) bond motifs is 1. The summed E-state index contributed by atoms with van der Waals surface area (Å²) in [7, 11) is 0. The minimum absolute atomic E-state index is 0.157. The maximum absolute atomic E-state index is 12.4. The zero-order valence-electron chi connectivity index (χ0n) is 17.0. The third kappa shape index (κ3) is 4.72. The van der Waals surface area contributed by atoms with E-state index in [-0.39, 0.29) is 18.1 Å². The number of aromatic nitrogens is 3. The van der Waals surface area contributed by atoms with Crippen molar-refractivity contribution < 1.29 is 14.3 Å². The molecule has 0 spiro atoms. The van der Waals surface area contributed by atoms with Gasteiger partial charge in [0, 0.05) is 5.69 Å². The van der Waals surface area contributed by atoms with E-state index in [2.05, 4.69) is 15.4 Å². The van der Waals surface area contributed by atoms with E-state index >= 15 is 0 Å². The number of nitrogens with zero attached hydrogens (tertiary/aromatic N) is 3. The second-order valence-corrected chi connectivity index (χ2v) is 7.72. The smallest absolute Gasteiger partial charge is 0.291 e. The Morgan fingerprint density at radius 2 is 2.06 bits per heavy atom. The first-order valence-electron chi connectivity index (χ1n) is 9.64. The molecular formula is C22H20N4O4S. The molecule has 1 N–H and O–H groups in total. The first-order chi connectivity index (χ1) is 15.0. The standard InChI is InChI=1S/C22H20N4O4S/c1-3-29-18-10-15(11-19-21(28)26-22(31-19)23-13-24-26)7-8-17(18)30-12-20(27)25-16-6-4-5-14(2)9-16/h4-11,13H,3,12H2,1-2H3,(H,25,27)/b19-11-. The molecule has 2 aromatic heterocycles. The molecule has 0 saturated heterocycles. The van der Waals surface area contributed by atoms with Gasteiger partial charge in [0.15, 0.2) is 18.1 Å². The van der Waals surface area contributed by atoms with Gasteiger partial charge in [0.1, 0.15) is 6.33 Å². The van der Waals surface area contributed by atoms with Gasteiger partial charge >= 0.3 is 0 Å². The van der Waals surface area contributed by atoms with Crippen molar-refractivity contribution in [3.05, 3.63) is 74.8 Å². The summed E-state index contributed by atoms with van der Waals surface area (Å²) < 4.78 is 13.1. The molecule has 31 heavy (non-hydrogen) atoms. The van der Waals surface area contributed by atoms with Crippen LogP contribution in [0.5, 0.6) is 11.5 Å². The summed E-state index contributed by atoms with van der Waals surface area (Å²) in [6.45, 7) is 4.09. The monoisotopic (exact) mass is 436 g/mol. The largest absolute Gasteiger partial charge is 0.490 e. The van der Waals surface area contributed by atoms with Crippen LogP contribution in [0.15, 0.2) is 53.6 Å². The van der Waals surface area contributed by atoms with Crippen LogP contribution in [0.4, 0.5) is 5.69 Å². The lowest BCUT2D eigenvalue weighted by atomic mass is 10.2. The van der Waals surface area contributed by atoms with Crippen LogP contribution in [0.2, 0.25) is 0 Å². The summed E-state index contributed by atoms with van der Waals surface area (Å²) in [5.74, 6) is 0.670. The van der Waals surface area contributed by atoms with Crippen LogP contribution in [0.3, 0.4) is 0 Å². The Kier molecular flexibility index (Phi) is 5.94. The number of anilines is 1. The van der Waals surface area contributed by atoms with Crippen molar-refractivity contribution >= 4 is 34.0 Å². The first-order valence-corrected chi connectivity index (χ1v) is 10.5. The molecule has 158 valence electrons. The lowest BCUT2D eigenvalue weighted by Gasteiger charge is -2.13. The van der Waals surface area contributed by atoms with E-state index < -0.39 is 0 Å². The van der Waals surface area contributed by atoms with Gasteiger partial charge in [0.2, 0.25) is 4.96 Å². The van der Waals surface area contributed by atoms with Crippen molar-refractivity contribution in [2.45, 2.75) is 13.8 Å². The molecule has 0 atom stereocenters. The van der Waals surface area contributed by atoms with Crippen LogP contribution in [-0.2, 0) is 4.79 Å². The molecule has 0 aliphatic carbocycles. The highest BCUT2D eigenvalue weighted by atomic mass is 32.1. The summed E-state index contributed by atoms with van der Waals surface area (Å²) in [4.78, 5) is 29.2. The van der Waals surface area contributed by atoms with E-state index in [0.29, 0.717) is 33.3 Å². The average molecular weight is 436 g/mol. The molecule has 0 aliphatic rings. The molecule has 1 amide bonds. The fraction of sp³-hybridized carbons (Fsp3) is 0.182. The number of aryl methyl sites for hydroxylation is 1. The quantitative estimate of drug-likeness (QED) is 0.478. The summed E-state index contributed by atoms with van der Waals surface area (Å²) >= 11 is 1.26. The Balaban J connectivity index is 1.51. The number of ether oxygens (including phenoxy) is 2. The summed E-state index contributed by atoms with van der Waals surface area (Å²) in [6.07, 6.45) is 3.10. The van der Waals surface area contributed by atoms with Crippen LogP contribution in [0, 0.1) is 6.92 Å². The normalized spacial score (nSPS) is 11.6. The number of amides is 1. The van der Waals surface area contributed by atoms with E-state index in [9.17, 15) is 9.59 Å². The number of carbonyl (C=O) groups excluding carboxylic acids is 1. The van der Waals surface area contributed by atoms with Crippen LogP contribution < -0.4 is 24.9 Å². The summed E-state index contributed by atoms with van der Waals surface area (Å²) in [5.41, 5.74) is 2.32. The molecule has 0 aliphatic heterocycles. The van der Waals surface area contributed by atoms with Crippen molar-refractivity contribution in [2.75, 3.05) is 18.5 Å². The topological polar surface area (TPSA) is 94.8 Å². The second-order valence-electron chi connectivity index (χ2n) is 6.72. The van der Waals surface area contributed by atoms with Crippen LogP contribution in [0.25, 0.3) is 11.0 Å². The number of nitrogens with one attached hydrogen (secondary N) is 1. The Morgan fingerprint density at radius 3 is 2.84 bits per heavy atom. The SMILES string of the molecule is CCOc1cc(/C=c2\sc3ncnn3c2=O)ccc1OCC(=O)Nc1cccc(C)c1. The van der Waals surface area contributed by atoms with Crippen molar-refractivity contribution in [3.63, 3.8) is 0 Å². The Morgan fingerprint density at radius 1 is 1.19 bits per heavy atom. The molecule has 9 heteroatoms. The molecule has 2 heterocycles. The molecule has 2 aromatic carbocycles. The number of hydrogen-bond donors (Lipinski definition) is 1. The fourth-order valence-corrected chi connectivity index (χ4v) is 3.88. The third-order valence-corrected chi connectivity index (χ3v) is 5.32. The zero-order chi connectivity index (χ0) is 21.8. The van der Waals surface area contributed by atoms with Crippen molar-refractivity contribution in [1.29, 1.82) is 0 Å². The van der Waals surface area contributed by atoms with Crippen molar-refractivity contribution in [3.8, 4) is 11.5 Å². The van der Waals surface area contributed by atoms with E-state index in [0.717, 1.165) is 11.1 Å². The van der Waals surface area contributed by atoms with Crippen LogP contribution in [0.1, 0.15) is 18.1 Å². The molecule has 4 rings (SSSR count). The Bertz CT molecular complexity index is 1350. The van der Waals surface area contributed by atoms with Crippen molar-refractivity contribution in [2.24, 2.45) is 0 Å². The highest BCUT2D eigenvalue weighted by molar-refractivity contribution is 7.15. The van der Waals surface area contributed by atoms with E-state index in [1.165, 1.54) is 22.2 Å². The van der Waals surface area contributed by atoms with Crippen molar-refractivity contribution in [1.82, 2.24) is 14.6 Å². The molecule has 0 bridgehead atoms. The van der Waals surface area contributed by atoms with Gasteiger partial charge < -0.3 is 14.8 Å². The van der Waals surface area contributed by atoms with E-state index in [1.807, 2.05) is 38.1 Å². The molecule has 8 nitrogen and oxygen atoms in total. The fourth-order valence-electron chi connectivity index (χ4n) is 2.99. The highest BCUT2D eigenvalue weighted by Crippen LogP contribution is 2.29. The van der Waals surface area contributed by atoms with Crippen LogP contribution >= 0.6 is 11.3 Å². The molecular weight excluding hydrogens is 416 g/mol. The van der Waals surface area contributed by atoms with Gasteiger partial charge in [-0.1, -0.05) is 29.5 Å². The predicted octanol–water partition coefficient (Wildman–Crippen LogP) is 2.42. The summed E-state index contributed by atoms with van der Waals surface area (Å²) in [6, 6.07) is 12.8. The van der Waals surface area contributed by atoms with Gasteiger partial charge in [-0.2, -0.15) is 9.61 Å². The van der Waals surface area contributed by atoms with Gasteiger partial charge in [-0.15, -0.1) is 0 Å². The number of hydrogen-bond acceptors (Lipinski definition) is 7. The van der Waals surface area contributed by atoms with E-state index in [1.54, 1.807) is 24.3 Å². The van der Waals surface area contributed by atoms with Gasteiger partial charge in [0.05, 0.1) is 11.1 Å². The van der Waals surface area contributed by atoms with Gasteiger partial charge in [-0.25, -0.2) is 4.98 Å². The molecule has 0 fully saturated rings. The zero-order valence-corrected chi connectivity index (χ0v) is 17.8.